The van der Waals surface area contributed by atoms with Gasteiger partial charge in [0, 0.05) is 47.7 Å². The number of carbonyl (C=O) groups is 3. The summed E-state index contributed by atoms with van der Waals surface area (Å²) in [6.07, 6.45) is 0.262. The normalized spacial score (nSPS) is 16.4. The number of rotatable bonds is 5. The van der Waals surface area contributed by atoms with Crippen LogP contribution in [0.3, 0.4) is 0 Å². The molecule has 7 heteroatoms. The van der Waals surface area contributed by atoms with E-state index in [2.05, 4.69) is 10.3 Å². The molecule has 1 saturated heterocycles. The van der Waals surface area contributed by atoms with Gasteiger partial charge in [0.15, 0.2) is 0 Å². The third kappa shape index (κ3) is 3.63. The number of nitrogens with one attached hydrogen (secondary N) is 2. The van der Waals surface area contributed by atoms with Gasteiger partial charge in [-0.25, -0.2) is 4.39 Å². The first-order chi connectivity index (χ1) is 13.9. The molecule has 1 unspecified atom stereocenters. The number of para-hydroxylation sites is 1. The van der Waals surface area contributed by atoms with Crippen molar-refractivity contribution in [1.29, 1.82) is 0 Å². The van der Waals surface area contributed by atoms with Crippen LogP contribution in [0, 0.1) is 18.7 Å². The number of anilines is 1. The number of benzene rings is 2. The number of aryl methyl sites for hydroxylation is 1. The van der Waals surface area contributed by atoms with Crippen molar-refractivity contribution in [3.05, 3.63) is 65.6 Å². The second kappa shape index (κ2) is 7.50. The lowest BCUT2D eigenvalue weighted by atomic mass is 10.1. The maximum atomic E-state index is 13.1. The van der Waals surface area contributed by atoms with E-state index in [0.29, 0.717) is 28.9 Å². The van der Waals surface area contributed by atoms with Crippen molar-refractivity contribution in [2.75, 3.05) is 18.0 Å². The van der Waals surface area contributed by atoms with Gasteiger partial charge in [-0.05, 0) is 37.3 Å². The lowest BCUT2D eigenvalue weighted by molar-refractivity contribution is -0.118. The predicted molar refractivity (Wildman–Crippen MR) is 107 cm³/mol. The van der Waals surface area contributed by atoms with Crippen LogP contribution < -0.4 is 10.2 Å². The number of halogens is 1. The Kier molecular flexibility index (Phi) is 4.88. The van der Waals surface area contributed by atoms with Gasteiger partial charge in [-0.3, -0.25) is 14.4 Å². The first-order valence-electron chi connectivity index (χ1n) is 9.40. The number of H-pyrrole nitrogens is 1. The second-order valence-electron chi connectivity index (χ2n) is 7.26. The van der Waals surface area contributed by atoms with E-state index in [9.17, 15) is 18.8 Å². The first kappa shape index (κ1) is 18.9. The second-order valence-corrected chi connectivity index (χ2v) is 7.26. The van der Waals surface area contributed by atoms with Crippen molar-refractivity contribution in [3.63, 3.8) is 0 Å². The van der Waals surface area contributed by atoms with Crippen LogP contribution in [-0.4, -0.2) is 35.7 Å². The van der Waals surface area contributed by atoms with Crippen LogP contribution in [-0.2, 0) is 9.59 Å². The molecule has 148 valence electrons. The Hall–Kier alpha value is -3.48. The van der Waals surface area contributed by atoms with Gasteiger partial charge in [-0.1, -0.05) is 18.2 Å². The van der Waals surface area contributed by atoms with E-state index < -0.39 is 11.7 Å². The largest absolute Gasteiger partial charge is 0.358 e. The Labute approximate surface area is 166 Å². The molecular weight excluding hydrogens is 373 g/mol. The number of nitrogens with zero attached hydrogens (tertiary/aromatic N) is 1. The number of amides is 2. The minimum atomic E-state index is -0.689. The molecule has 0 bridgehead atoms. The highest BCUT2D eigenvalue weighted by Crippen LogP contribution is 2.25. The van der Waals surface area contributed by atoms with Crippen LogP contribution in [0.5, 0.6) is 0 Å². The van der Waals surface area contributed by atoms with Crippen LogP contribution in [0.4, 0.5) is 10.1 Å². The number of carbonyl (C=O) groups excluding carboxylic acids is 3. The predicted octanol–water partition coefficient (Wildman–Crippen LogP) is 2.97. The van der Waals surface area contributed by atoms with Crippen LogP contribution >= 0.6 is 0 Å². The highest BCUT2D eigenvalue weighted by atomic mass is 19.1. The maximum Gasteiger partial charge on any atom is 0.292 e. The Morgan fingerprint density at radius 2 is 1.90 bits per heavy atom. The molecule has 0 aliphatic carbocycles. The van der Waals surface area contributed by atoms with Crippen molar-refractivity contribution in [2.45, 2.75) is 13.3 Å². The lowest BCUT2D eigenvalue weighted by Crippen LogP contribution is -2.36. The maximum absolute atomic E-state index is 13.1. The number of hydrogen-bond donors (Lipinski definition) is 2. The monoisotopic (exact) mass is 393 g/mol. The molecular formula is C22H20FN3O3. The Balaban J connectivity index is 1.41. The molecule has 1 aliphatic heterocycles. The molecule has 0 saturated carbocycles. The van der Waals surface area contributed by atoms with Gasteiger partial charge in [0.2, 0.25) is 5.91 Å². The molecule has 4 rings (SSSR count). The summed E-state index contributed by atoms with van der Waals surface area (Å²) in [5.74, 6) is -1.86. The van der Waals surface area contributed by atoms with E-state index >= 15 is 0 Å². The van der Waals surface area contributed by atoms with Crippen LogP contribution in [0.25, 0.3) is 10.9 Å². The summed E-state index contributed by atoms with van der Waals surface area (Å²) in [4.78, 5) is 42.1. The van der Waals surface area contributed by atoms with Gasteiger partial charge in [0.1, 0.15) is 5.82 Å². The van der Waals surface area contributed by atoms with Gasteiger partial charge < -0.3 is 15.2 Å². The van der Waals surface area contributed by atoms with E-state index in [1.807, 2.05) is 18.2 Å². The number of aromatic amines is 1. The molecule has 1 fully saturated rings. The summed E-state index contributed by atoms with van der Waals surface area (Å²) < 4.78 is 13.1. The third-order valence-corrected chi connectivity index (χ3v) is 5.22. The van der Waals surface area contributed by atoms with Crippen LogP contribution in [0.1, 0.15) is 22.5 Å². The molecule has 2 heterocycles. The molecule has 1 aromatic heterocycles. The molecule has 29 heavy (non-hydrogen) atoms. The minimum Gasteiger partial charge on any atom is -0.358 e. The number of fused-ring (bicyclic) bond motifs is 1. The van der Waals surface area contributed by atoms with Crippen LogP contribution in [0.2, 0.25) is 0 Å². The summed E-state index contributed by atoms with van der Waals surface area (Å²) in [5, 5.41) is 3.38. The summed E-state index contributed by atoms with van der Waals surface area (Å²) in [7, 11) is 0. The fourth-order valence-corrected chi connectivity index (χ4v) is 3.79. The Bertz CT molecular complexity index is 1100. The molecule has 2 aromatic carbocycles. The zero-order valence-electron chi connectivity index (χ0n) is 15.9. The van der Waals surface area contributed by atoms with Gasteiger partial charge in [-0.2, -0.15) is 0 Å². The van der Waals surface area contributed by atoms with E-state index in [1.54, 1.807) is 30.0 Å². The molecule has 2 amide bonds. The fourth-order valence-electron chi connectivity index (χ4n) is 3.79. The topological polar surface area (TPSA) is 82.3 Å². The summed E-state index contributed by atoms with van der Waals surface area (Å²) in [6.45, 7) is 2.39. The average Bonchev–Trinajstić information content (AvgIpc) is 3.25. The number of hydrogen-bond acceptors (Lipinski definition) is 3. The molecule has 0 spiro atoms. The lowest BCUT2D eigenvalue weighted by Gasteiger charge is -2.17. The standard InChI is InChI=1S/C22H20FN3O3/c1-13-20(17-4-2-3-5-18(17)25-13)21(28)22(29)24-11-14-10-19(27)26(12-14)16-8-6-15(23)7-9-16/h2-9,14,25H,10-12H2,1H3,(H,24,29). The Morgan fingerprint density at radius 3 is 2.66 bits per heavy atom. The summed E-state index contributed by atoms with van der Waals surface area (Å²) >= 11 is 0. The molecule has 1 aliphatic rings. The quantitative estimate of drug-likeness (QED) is 0.516. The zero-order valence-corrected chi connectivity index (χ0v) is 15.9. The summed E-state index contributed by atoms with van der Waals surface area (Å²) in [5.41, 5.74) is 2.44. The van der Waals surface area contributed by atoms with Gasteiger partial charge >= 0.3 is 0 Å². The zero-order chi connectivity index (χ0) is 20.5. The van der Waals surface area contributed by atoms with Gasteiger partial charge in [0.25, 0.3) is 11.7 Å². The molecule has 2 N–H and O–H groups in total. The van der Waals surface area contributed by atoms with Crippen molar-refractivity contribution in [2.24, 2.45) is 5.92 Å². The SMILES string of the molecule is Cc1[nH]c2ccccc2c1C(=O)C(=O)NCC1CC(=O)N(c2ccc(F)cc2)C1. The molecule has 0 radical (unpaired) electrons. The van der Waals surface area contributed by atoms with Crippen molar-refractivity contribution >= 4 is 34.2 Å². The van der Waals surface area contributed by atoms with Crippen LogP contribution in [0.15, 0.2) is 48.5 Å². The fraction of sp³-hybridized carbons (Fsp3) is 0.227. The van der Waals surface area contributed by atoms with E-state index in [-0.39, 0.29) is 30.6 Å². The highest BCUT2D eigenvalue weighted by Gasteiger charge is 2.31. The summed E-state index contributed by atoms with van der Waals surface area (Å²) in [6, 6.07) is 13.0. The van der Waals surface area contributed by atoms with Gasteiger partial charge in [0.05, 0.1) is 5.56 Å². The van der Waals surface area contributed by atoms with E-state index in [4.69, 9.17) is 0 Å². The third-order valence-electron chi connectivity index (χ3n) is 5.22. The van der Waals surface area contributed by atoms with Gasteiger partial charge in [-0.15, -0.1) is 0 Å². The molecule has 1 atom stereocenters. The highest BCUT2D eigenvalue weighted by molar-refractivity contribution is 6.45. The number of aromatic nitrogens is 1. The number of Topliss-reactive ketones (excluding diaryl/α,β-unsaturated/α-hetero) is 1. The first-order valence-corrected chi connectivity index (χ1v) is 9.40. The van der Waals surface area contributed by atoms with E-state index in [0.717, 1.165) is 5.52 Å². The van der Waals surface area contributed by atoms with Crippen molar-refractivity contribution < 1.29 is 18.8 Å². The van der Waals surface area contributed by atoms with Crippen molar-refractivity contribution in [1.82, 2.24) is 10.3 Å². The van der Waals surface area contributed by atoms with E-state index in [1.165, 1.54) is 12.1 Å². The smallest absolute Gasteiger partial charge is 0.292 e. The number of ketones is 1. The average molecular weight is 393 g/mol. The Morgan fingerprint density at radius 1 is 1.17 bits per heavy atom. The molecule has 3 aromatic rings. The molecule has 6 nitrogen and oxygen atoms in total. The van der Waals surface area contributed by atoms with Crippen molar-refractivity contribution in [3.8, 4) is 0 Å². The minimum absolute atomic E-state index is 0.0883.